The highest BCUT2D eigenvalue weighted by atomic mass is 79.9. The number of phenols is 1. The van der Waals surface area contributed by atoms with Crippen molar-refractivity contribution < 1.29 is 18.3 Å². The SMILES string of the molecule is Cc1cc(Br)c(C(C)C(F)(F)F)cc1O. The molecule has 0 aliphatic heterocycles. The predicted octanol–water partition coefficient (Wildman–Crippen LogP) is 4.13. The molecular formula is C10H10BrF3O. The molecule has 0 aliphatic rings. The highest BCUT2D eigenvalue weighted by Gasteiger charge is 2.38. The number of hydrogen-bond donors (Lipinski definition) is 1. The van der Waals surface area contributed by atoms with Crippen LogP contribution < -0.4 is 0 Å². The van der Waals surface area contributed by atoms with E-state index in [0.717, 1.165) is 13.0 Å². The summed E-state index contributed by atoms with van der Waals surface area (Å²) in [6.45, 7) is 2.69. The minimum absolute atomic E-state index is 0.0469. The van der Waals surface area contributed by atoms with Gasteiger partial charge in [0.1, 0.15) is 5.75 Å². The molecule has 0 aromatic heterocycles. The van der Waals surface area contributed by atoms with Gasteiger partial charge in [0.2, 0.25) is 0 Å². The molecule has 0 amide bonds. The van der Waals surface area contributed by atoms with Crippen LogP contribution in [0.3, 0.4) is 0 Å². The van der Waals surface area contributed by atoms with Crippen LogP contribution in [0.5, 0.6) is 5.75 Å². The zero-order valence-corrected chi connectivity index (χ0v) is 9.78. The minimum Gasteiger partial charge on any atom is -0.508 e. The third-order valence-electron chi connectivity index (χ3n) is 2.27. The van der Waals surface area contributed by atoms with E-state index in [-0.39, 0.29) is 11.3 Å². The number of halogens is 4. The topological polar surface area (TPSA) is 20.2 Å². The van der Waals surface area contributed by atoms with Gasteiger partial charge in [-0.1, -0.05) is 15.9 Å². The molecule has 0 saturated heterocycles. The van der Waals surface area contributed by atoms with Gasteiger partial charge in [0, 0.05) is 4.47 Å². The van der Waals surface area contributed by atoms with Crippen molar-refractivity contribution in [2.24, 2.45) is 0 Å². The maximum absolute atomic E-state index is 12.4. The Morgan fingerprint density at radius 3 is 2.33 bits per heavy atom. The van der Waals surface area contributed by atoms with Crippen molar-refractivity contribution in [2.45, 2.75) is 25.9 Å². The van der Waals surface area contributed by atoms with E-state index in [0.29, 0.717) is 10.0 Å². The Morgan fingerprint density at radius 2 is 1.87 bits per heavy atom. The molecular weight excluding hydrogens is 273 g/mol. The van der Waals surface area contributed by atoms with Crippen LogP contribution in [-0.4, -0.2) is 11.3 Å². The van der Waals surface area contributed by atoms with E-state index in [9.17, 15) is 18.3 Å². The Balaban J connectivity index is 3.21. The summed E-state index contributed by atoms with van der Waals surface area (Å²) in [6.07, 6.45) is -4.30. The number of alkyl halides is 3. The molecule has 84 valence electrons. The van der Waals surface area contributed by atoms with Crippen LogP contribution in [0.4, 0.5) is 13.2 Å². The van der Waals surface area contributed by atoms with Gasteiger partial charge < -0.3 is 5.11 Å². The third kappa shape index (κ3) is 2.65. The van der Waals surface area contributed by atoms with Gasteiger partial charge in [0.15, 0.2) is 0 Å². The number of rotatable bonds is 1. The lowest BCUT2D eigenvalue weighted by Gasteiger charge is -2.18. The number of aryl methyl sites for hydroxylation is 1. The lowest BCUT2D eigenvalue weighted by Crippen LogP contribution is -2.18. The highest BCUT2D eigenvalue weighted by Crippen LogP contribution is 2.39. The number of phenolic OH excluding ortho intramolecular Hbond substituents is 1. The molecule has 1 unspecified atom stereocenters. The summed E-state index contributed by atoms with van der Waals surface area (Å²) in [4.78, 5) is 0. The molecule has 0 aliphatic carbocycles. The number of hydrogen-bond acceptors (Lipinski definition) is 1. The van der Waals surface area contributed by atoms with Gasteiger partial charge >= 0.3 is 6.18 Å². The summed E-state index contributed by atoms with van der Waals surface area (Å²) < 4.78 is 37.7. The van der Waals surface area contributed by atoms with E-state index >= 15 is 0 Å². The zero-order valence-electron chi connectivity index (χ0n) is 8.19. The number of aromatic hydroxyl groups is 1. The molecule has 1 aromatic rings. The van der Waals surface area contributed by atoms with Crippen LogP contribution in [0.15, 0.2) is 16.6 Å². The van der Waals surface area contributed by atoms with E-state index in [2.05, 4.69) is 15.9 Å². The Kier molecular flexibility index (Phi) is 3.33. The standard InChI is InChI=1S/C10H10BrF3O/c1-5-3-8(11)7(4-9(5)15)6(2)10(12,13)14/h3-4,6,15H,1-2H3. The van der Waals surface area contributed by atoms with Crippen LogP contribution in [0, 0.1) is 6.92 Å². The Labute approximate surface area is 94.0 Å². The third-order valence-corrected chi connectivity index (χ3v) is 2.96. The summed E-state index contributed by atoms with van der Waals surface area (Å²) in [7, 11) is 0. The summed E-state index contributed by atoms with van der Waals surface area (Å²) in [5, 5.41) is 9.35. The molecule has 1 rings (SSSR count). The van der Waals surface area contributed by atoms with E-state index in [4.69, 9.17) is 0 Å². The highest BCUT2D eigenvalue weighted by molar-refractivity contribution is 9.10. The molecule has 0 bridgehead atoms. The summed E-state index contributed by atoms with van der Waals surface area (Å²) in [6, 6.07) is 2.63. The first-order chi connectivity index (χ1) is 6.73. The van der Waals surface area contributed by atoms with Gasteiger partial charge in [-0.2, -0.15) is 13.2 Å². The van der Waals surface area contributed by atoms with Crippen molar-refractivity contribution in [3.63, 3.8) is 0 Å². The van der Waals surface area contributed by atoms with Crippen LogP contribution in [0.2, 0.25) is 0 Å². The number of benzene rings is 1. The largest absolute Gasteiger partial charge is 0.508 e. The Morgan fingerprint density at radius 1 is 1.33 bits per heavy atom. The molecule has 1 atom stereocenters. The fourth-order valence-corrected chi connectivity index (χ4v) is 1.99. The molecule has 0 spiro atoms. The quantitative estimate of drug-likeness (QED) is 0.821. The van der Waals surface area contributed by atoms with Crippen LogP contribution in [-0.2, 0) is 0 Å². The summed E-state index contributed by atoms with van der Waals surface area (Å²) in [5.74, 6) is -1.72. The fourth-order valence-electron chi connectivity index (χ4n) is 1.19. The van der Waals surface area contributed by atoms with Crippen LogP contribution in [0.1, 0.15) is 24.0 Å². The molecule has 15 heavy (non-hydrogen) atoms. The van der Waals surface area contributed by atoms with Gasteiger partial charge in [0.25, 0.3) is 0 Å². The molecule has 1 nitrogen and oxygen atoms in total. The van der Waals surface area contributed by atoms with Crippen molar-refractivity contribution in [2.75, 3.05) is 0 Å². The van der Waals surface area contributed by atoms with Crippen molar-refractivity contribution in [3.8, 4) is 5.75 Å². The first-order valence-electron chi connectivity index (χ1n) is 4.29. The van der Waals surface area contributed by atoms with Crippen LogP contribution in [0.25, 0.3) is 0 Å². The monoisotopic (exact) mass is 282 g/mol. The molecule has 1 N–H and O–H groups in total. The molecule has 1 aromatic carbocycles. The Hall–Kier alpha value is -0.710. The van der Waals surface area contributed by atoms with Crippen molar-refractivity contribution in [1.82, 2.24) is 0 Å². The average Bonchev–Trinajstić information content (AvgIpc) is 2.08. The van der Waals surface area contributed by atoms with E-state index < -0.39 is 12.1 Å². The smallest absolute Gasteiger partial charge is 0.395 e. The molecule has 0 radical (unpaired) electrons. The zero-order chi connectivity index (χ0) is 11.8. The molecule has 0 heterocycles. The van der Waals surface area contributed by atoms with Gasteiger partial charge in [-0.25, -0.2) is 0 Å². The van der Waals surface area contributed by atoms with E-state index in [1.54, 1.807) is 6.92 Å². The van der Waals surface area contributed by atoms with Crippen LogP contribution >= 0.6 is 15.9 Å². The molecule has 0 fully saturated rings. The Bertz CT molecular complexity index is 374. The lowest BCUT2D eigenvalue weighted by molar-refractivity contribution is -0.146. The van der Waals surface area contributed by atoms with E-state index in [1.807, 2.05) is 0 Å². The van der Waals surface area contributed by atoms with Gasteiger partial charge in [-0.3, -0.25) is 0 Å². The second-order valence-electron chi connectivity index (χ2n) is 3.42. The van der Waals surface area contributed by atoms with Gasteiger partial charge in [-0.15, -0.1) is 0 Å². The summed E-state index contributed by atoms with van der Waals surface area (Å²) in [5.41, 5.74) is 0.589. The second-order valence-corrected chi connectivity index (χ2v) is 4.28. The molecule has 5 heteroatoms. The maximum atomic E-state index is 12.4. The minimum atomic E-state index is -4.30. The first kappa shape index (κ1) is 12.4. The van der Waals surface area contributed by atoms with Gasteiger partial charge in [-0.05, 0) is 37.1 Å². The predicted molar refractivity (Wildman–Crippen MR) is 55.0 cm³/mol. The fraction of sp³-hybridized carbons (Fsp3) is 0.400. The second kappa shape index (κ2) is 4.04. The average molecular weight is 283 g/mol. The van der Waals surface area contributed by atoms with Gasteiger partial charge in [0.05, 0.1) is 5.92 Å². The van der Waals surface area contributed by atoms with E-state index in [1.165, 1.54) is 6.07 Å². The normalized spacial score (nSPS) is 14.0. The maximum Gasteiger partial charge on any atom is 0.395 e. The first-order valence-corrected chi connectivity index (χ1v) is 5.08. The summed E-state index contributed by atoms with van der Waals surface area (Å²) >= 11 is 3.06. The van der Waals surface area contributed by atoms with Crippen molar-refractivity contribution >= 4 is 15.9 Å². The van der Waals surface area contributed by atoms with Crippen molar-refractivity contribution in [3.05, 3.63) is 27.7 Å². The lowest BCUT2D eigenvalue weighted by atomic mass is 9.99. The van der Waals surface area contributed by atoms with Crippen molar-refractivity contribution in [1.29, 1.82) is 0 Å². The molecule has 0 saturated carbocycles.